The highest BCUT2D eigenvalue weighted by Gasteiger charge is 2.31. The maximum atomic E-state index is 5.75. The van der Waals surface area contributed by atoms with Gasteiger partial charge in [0.1, 0.15) is 11.9 Å². The predicted molar refractivity (Wildman–Crippen MR) is 60.2 cm³/mol. The summed E-state index contributed by atoms with van der Waals surface area (Å²) in [7, 11) is 0. The molecule has 0 aliphatic carbocycles. The molecular weight excluding hydrogens is 188 g/mol. The summed E-state index contributed by atoms with van der Waals surface area (Å²) in [5, 5.41) is 3.43. The molecule has 2 heterocycles. The van der Waals surface area contributed by atoms with Gasteiger partial charge in [0, 0.05) is 12.7 Å². The number of ether oxygens (including phenoxy) is 1. The SMILES string of the molecule is CCCNC[C@H]1c2ncccc2O[C@@H]1C. The molecule has 0 radical (unpaired) electrons. The Morgan fingerprint density at radius 2 is 2.40 bits per heavy atom. The van der Waals surface area contributed by atoms with Crippen LogP contribution in [0.1, 0.15) is 31.9 Å². The van der Waals surface area contributed by atoms with Gasteiger partial charge in [0.15, 0.2) is 0 Å². The van der Waals surface area contributed by atoms with Crippen LogP contribution in [0.4, 0.5) is 0 Å². The van der Waals surface area contributed by atoms with Gasteiger partial charge >= 0.3 is 0 Å². The summed E-state index contributed by atoms with van der Waals surface area (Å²) in [5.74, 6) is 1.35. The van der Waals surface area contributed by atoms with Crippen LogP contribution in [0.2, 0.25) is 0 Å². The molecule has 0 saturated heterocycles. The number of nitrogens with zero attached hydrogens (tertiary/aromatic N) is 1. The normalized spacial score (nSPS) is 23.6. The molecule has 2 atom stereocenters. The van der Waals surface area contributed by atoms with Crippen molar-refractivity contribution < 1.29 is 4.74 Å². The highest BCUT2D eigenvalue weighted by atomic mass is 16.5. The molecule has 0 bridgehead atoms. The summed E-state index contributed by atoms with van der Waals surface area (Å²) >= 11 is 0. The molecule has 1 aromatic heterocycles. The number of hydrogen-bond donors (Lipinski definition) is 1. The number of hydrogen-bond acceptors (Lipinski definition) is 3. The van der Waals surface area contributed by atoms with Crippen LogP contribution in [0.3, 0.4) is 0 Å². The van der Waals surface area contributed by atoms with Crippen LogP contribution in [0.25, 0.3) is 0 Å². The third-order valence-corrected chi connectivity index (χ3v) is 2.82. The van der Waals surface area contributed by atoms with E-state index < -0.39 is 0 Å². The molecule has 0 aromatic carbocycles. The predicted octanol–water partition coefficient (Wildman–Crippen LogP) is 1.95. The third kappa shape index (κ3) is 2.12. The summed E-state index contributed by atoms with van der Waals surface area (Å²) in [4.78, 5) is 4.40. The second kappa shape index (κ2) is 4.62. The molecule has 0 saturated carbocycles. The number of nitrogens with one attached hydrogen (secondary N) is 1. The fourth-order valence-corrected chi connectivity index (χ4v) is 1.98. The van der Waals surface area contributed by atoms with Crippen LogP contribution in [-0.4, -0.2) is 24.2 Å². The Bertz CT molecular complexity index is 327. The van der Waals surface area contributed by atoms with E-state index in [9.17, 15) is 0 Å². The monoisotopic (exact) mass is 206 g/mol. The zero-order valence-electron chi connectivity index (χ0n) is 9.36. The van der Waals surface area contributed by atoms with Gasteiger partial charge in [-0.1, -0.05) is 6.92 Å². The van der Waals surface area contributed by atoms with Gasteiger partial charge in [0.05, 0.1) is 11.6 Å². The lowest BCUT2D eigenvalue weighted by Gasteiger charge is -2.14. The molecule has 0 fully saturated rings. The van der Waals surface area contributed by atoms with E-state index in [2.05, 4.69) is 24.1 Å². The van der Waals surface area contributed by atoms with Crippen LogP contribution in [-0.2, 0) is 0 Å². The smallest absolute Gasteiger partial charge is 0.141 e. The maximum absolute atomic E-state index is 5.75. The van der Waals surface area contributed by atoms with E-state index in [-0.39, 0.29) is 6.10 Å². The van der Waals surface area contributed by atoms with E-state index in [1.807, 2.05) is 18.3 Å². The van der Waals surface area contributed by atoms with Gasteiger partial charge in [0.2, 0.25) is 0 Å². The first kappa shape index (κ1) is 10.4. The molecule has 1 aliphatic rings. The minimum Gasteiger partial charge on any atom is -0.488 e. The second-order valence-corrected chi connectivity index (χ2v) is 4.02. The van der Waals surface area contributed by atoms with Gasteiger partial charge in [-0.15, -0.1) is 0 Å². The lowest BCUT2D eigenvalue weighted by molar-refractivity contribution is 0.223. The molecule has 1 aliphatic heterocycles. The molecule has 2 rings (SSSR count). The van der Waals surface area contributed by atoms with E-state index in [1.165, 1.54) is 0 Å². The Morgan fingerprint density at radius 1 is 1.53 bits per heavy atom. The first-order chi connectivity index (χ1) is 7.33. The van der Waals surface area contributed by atoms with Gasteiger partial charge in [-0.2, -0.15) is 0 Å². The first-order valence-corrected chi connectivity index (χ1v) is 5.65. The Kier molecular flexibility index (Phi) is 3.21. The molecule has 0 spiro atoms. The molecule has 0 amide bonds. The first-order valence-electron chi connectivity index (χ1n) is 5.65. The zero-order valence-corrected chi connectivity index (χ0v) is 9.36. The van der Waals surface area contributed by atoms with E-state index in [0.29, 0.717) is 5.92 Å². The Hall–Kier alpha value is -1.09. The summed E-state index contributed by atoms with van der Waals surface area (Å²) in [6.07, 6.45) is 3.24. The van der Waals surface area contributed by atoms with Crippen molar-refractivity contribution in [3.63, 3.8) is 0 Å². The summed E-state index contributed by atoms with van der Waals surface area (Å²) in [5.41, 5.74) is 1.11. The summed E-state index contributed by atoms with van der Waals surface area (Å²) in [6.45, 7) is 6.30. The Balaban J connectivity index is 2.05. The second-order valence-electron chi connectivity index (χ2n) is 4.02. The zero-order chi connectivity index (χ0) is 10.7. The van der Waals surface area contributed by atoms with Crippen molar-refractivity contribution in [1.82, 2.24) is 10.3 Å². The lowest BCUT2D eigenvalue weighted by Crippen LogP contribution is -2.28. The molecule has 1 N–H and O–H groups in total. The average Bonchev–Trinajstić information content (AvgIpc) is 2.56. The topological polar surface area (TPSA) is 34.2 Å². The van der Waals surface area contributed by atoms with E-state index in [1.54, 1.807) is 0 Å². The summed E-state index contributed by atoms with van der Waals surface area (Å²) < 4.78 is 5.75. The van der Waals surface area contributed by atoms with Crippen molar-refractivity contribution in [1.29, 1.82) is 0 Å². The number of fused-ring (bicyclic) bond motifs is 1. The highest BCUT2D eigenvalue weighted by molar-refractivity contribution is 5.35. The quantitative estimate of drug-likeness (QED) is 0.764. The largest absolute Gasteiger partial charge is 0.488 e. The van der Waals surface area contributed by atoms with Gasteiger partial charge in [-0.05, 0) is 32.0 Å². The van der Waals surface area contributed by atoms with Crippen LogP contribution in [0, 0.1) is 0 Å². The van der Waals surface area contributed by atoms with E-state index >= 15 is 0 Å². The van der Waals surface area contributed by atoms with Crippen LogP contribution >= 0.6 is 0 Å². The Morgan fingerprint density at radius 3 is 3.20 bits per heavy atom. The number of rotatable bonds is 4. The minimum atomic E-state index is 0.235. The van der Waals surface area contributed by atoms with Gasteiger partial charge < -0.3 is 10.1 Å². The van der Waals surface area contributed by atoms with Crippen LogP contribution in [0.15, 0.2) is 18.3 Å². The maximum Gasteiger partial charge on any atom is 0.141 e. The Labute approximate surface area is 90.9 Å². The molecule has 3 heteroatoms. The molecule has 82 valence electrons. The van der Waals surface area contributed by atoms with E-state index in [0.717, 1.165) is 31.0 Å². The van der Waals surface area contributed by atoms with Gasteiger partial charge in [-0.25, -0.2) is 0 Å². The summed E-state index contributed by atoms with van der Waals surface area (Å²) in [6, 6.07) is 3.92. The molecular formula is C12H18N2O. The highest BCUT2D eigenvalue weighted by Crippen LogP contribution is 2.35. The van der Waals surface area contributed by atoms with Gasteiger partial charge in [0.25, 0.3) is 0 Å². The van der Waals surface area contributed by atoms with Crippen molar-refractivity contribution in [2.45, 2.75) is 32.3 Å². The number of aromatic nitrogens is 1. The number of pyridine rings is 1. The molecule has 0 unspecified atom stereocenters. The average molecular weight is 206 g/mol. The molecule has 1 aromatic rings. The van der Waals surface area contributed by atoms with Crippen LogP contribution in [0.5, 0.6) is 5.75 Å². The third-order valence-electron chi connectivity index (χ3n) is 2.82. The fraction of sp³-hybridized carbons (Fsp3) is 0.583. The van der Waals surface area contributed by atoms with Crippen LogP contribution < -0.4 is 10.1 Å². The van der Waals surface area contributed by atoms with Crippen molar-refractivity contribution in [3.8, 4) is 5.75 Å². The molecule has 15 heavy (non-hydrogen) atoms. The van der Waals surface area contributed by atoms with Crippen molar-refractivity contribution >= 4 is 0 Å². The van der Waals surface area contributed by atoms with E-state index in [4.69, 9.17) is 4.74 Å². The fourth-order valence-electron chi connectivity index (χ4n) is 1.98. The molecule has 3 nitrogen and oxygen atoms in total. The van der Waals surface area contributed by atoms with Crippen molar-refractivity contribution in [2.24, 2.45) is 0 Å². The van der Waals surface area contributed by atoms with Gasteiger partial charge in [-0.3, -0.25) is 4.98 Å². The van der Waals surface area contributed by atoms with Crippen molar-refractivity contribution in [3.05, 3.63) is 24.0 Å². The van der Waals surface area contributed by atoms with Crippen molar-refractivity contribution in [2.75, 3.05) is 13.1 Å². The lowest BCUT2D eigenvalue weighted by atomic mass is 10.0. The standard InChI is InChI=1S/C12H18N2O/c1-3-6-13-8-10-9(2)15-11-5-4-7-14-12(10)11/h4-5,7,9-10,13H,3,6,8H2,1-2H3/t9-,10-/m1/s1. The minimum absolute atomic E-state index is 0.235.